The maximum atomic E-state index is 13.8. The molecule has 1 aromatic heterocycles. The Balaban J connectivity index is 1.51. The van der Waals surface area contributed by atoms with Crippen LogP contribution < -0.4 is 10.2 Å². The Morgan fingerprint density at radius 3 is 2.87 bits per heavy atom. The zero-order chi connectivity index (χ0) is 21.2. The second kappa shape index (κ2) is 8.81. The first-order chi connectivity index (χ1) is 15.2. The standard InChI is InChI=1S/C25H29N3O3/c1-30-21-7-4-18(5-8-21)25(29)28-16-20-3-2-12-26-24(20)27-22-9-6-19(15-23(22)28)17-10-13-31-14-11-17/h2-3,6,9-10,12,15,18,21H,4-5,7-8,11,13-14,16H2,1H3,(H,26,27)/t18-,21-. The van der Waals surface area contributed by atoms with Gasteiger partial charge in [-0.1, -0.05) is 18.2 Å². The van der Waals surface area contributed by atoms with Crippen LogP contribution in [0.25, 0.3) is 5.57 Å². The Kier molecular flexibility index (Phi) is 5.74. The highest BCUT2D eigenvalue weighted by atomic mass is 16.5. The second-order valence-corrected chi connectivity index (χ2v) is 8.56. The summed E-state index contributed by atoms with van der Waals surface area (Å²) in [5, 5.41) is 3.47. The summed E-state index contributed by atoms with van der Waals surface area (Å²) in [7, 11) is 1.76. The molecule has 1 N–H and O–H groups in total. The summed E-state index contributed by atoms with van der Waals surface area (Å²) in [6.07, 6.45) is 8.73. The number of hydrogen-bond acceptors (Lipinski definition) is 5. The van der Waals surface area contributed by atoms with Crippen molar-refractivity contribution in [3.8, 4) is 0 Å². The second-order valence-electron chi connectivity index (χ2n) is 8.56. The molecular formula is C25H29N3O3. The van der Waals surface area contributed by atoms with Gasteiger partial charge in [-0.15, -0.1) is 0 Å². The van der Waals surface area contributed by atoms with Crippen molar-refractivity contribution in [3.05, 3.63) is 53.7 Å². The molecule has 0 saturated heterocycles. The predicted octanol–water partition coefficient (Wildman–Crippen LogP) is 4.68. The van der Waals surface area contributed by atoms with E-state index in [-0.39, 0.29) is 17.9 Å². The summed E-state index contributed by atoms with van der Waals surface area (Å²) in [4.78, 5) is 20.3. The van der Waals surface area contributed by atoms with E-state index in [2.05, 4.69) is 34.6 Å². The van der Waals surface area contributed by atoms with Gasteiger partial charge in [-0.25, -0.2) is 4.98 Å². The lowest BCUT2D eigenvalue weighted by molar-refractivity contribution is -0.124. The third-order valence-corrected chi connectivity index (χ3v) is 6.72. The maximum absolute atomic E-state index is 13.8. The van der Waals surface area contributed by atoms with Gasteiger partial charge in [0.15, 0.2) is 0 Å². The van der Waals surface area contributed by atoms with Gasteiger partial charge in [0.05, 0.1) is 37.2 Å². The van der Waals surface area contributed by atoms with Crippen molar-refractivity contribution < 1.29 is 14.3 Å². The number of methoxy groups -OCH3 is 1. The molecule has 6 heteroatoms. The molecular weight excluding hydrogens is 390 g/mol. The summed E-state index contributed by atoms with van der Waals surface area (Å²) >= 11 is 0. The van der Waals surface area contributed by atoms with Crippen LogP contribution in [0.4, 0.5) is 17.2 Å². The summed E-state index contributed by atoms with van der Waals surface area (Å²) in [6, 6.07) is 10.3. The molecule has 1 fully saturated rings. The number of rotatable bonds is 3. The number of ether oxygens (including phenoxy) is 2. The van der Waals surface area contributed by atoms with Gasteiger partial charge in [-0.3, -0.25) is 4.79 Å². The molecule has 0 radical (unpaired) electrons. The summed E-state index contributed by atoms with van der Waals surface area (Å²) < 4.78 is 11.0. The minimum Gasteiger partial charge on any atom is -0.381 e. The highest BCUT2D eigenvalue weighted by Gasteiger charge is 2.33. The number of aromatic nitrogens is 1. The predicted molar refractivity (Wildman–Crippen MR) is 121 cm³/mol. The van der Waals surface area contributed by atoms with Crippen LogP contribution in [0.15, 0.2) is 42.6 Å². The van der Waals surface area contributed by atoms with Gasteiger partial charge < -0.3 is 19.7 Å². The summed E-state index contributed by atoms with van der Waals surface area (Å²) in [5.41, 5.74) is 5.32. The van der Waals surface area contributed by atoms with Crippen LogP contribution >= 0.6 is 0 Å². The monoisotopic (exact) mass is 419 g/mol. The topological polar surface area (TPSA) is 63.7 Å². The zero-order valence-corrected chi connectivity index (χ0v) is 18.0. The molecule has 1 aliphatic carbocycles. The molecule has 162 valence electrons. The smallest absolute Gasteiger partial charge is 0.230 e. The minimum atomic E-state index is 0.0309. The molecule has 5 rings (SSSR count). The van der Waals surface area contributed by atoms with E-state index in [1.807, 2.05) is 17.0 Å². The molecule has 0 bridgehead atoms. The van der Waals surface area contributed by atoms with E-state index in [1.54, 1.807) is 13.3 Å². The number of hydrogen-bond donors (Lipinski definition) is 1. The number of nitrogens with zero attached hydrogens (tertiary/aromatic N) is 2. The van der Waals surface area contributed by atoms with Gasteiger partial charge in [0.2, 0.25) is 5.91 Å². The van der Waals surface area contributed by atoms with Gasteiger partial charge >= 0.3 is 0 Å². The number of fused-ring (bicyclic) bond motifs is 2. The highest BCUT2D eigenvalue weighted by molar-refractivity contribution is 6.00. The van der Waals surface area contributed by atoms with E-state index in [9.17, 15) is 4.79 Å². The highest BCUT2D eigenvalue weighted by Crippen LogP contribution is 2.39. The molecule has 0 spiro atoms. The first-order valence-corrected chi connectivity index (χ1v) is 11.2. The molecule has 3 heterocycles. The van der Waals surface area contributed by atoms with Crippen LogP contribution in [0.2, 0.25) is 0 Å². The van der Waals surface area contributed by atoms with Gasteiger partial charge in [0.25, 0.3) is 0 Å². The normalized spacial score (nSPS) is 23.1. The number of nitrogens with one attached hydrogen (secondary N) is 1. The first kappa shape index (κ1) is 20.2. The largest absolute Gasteiger partial charge is 0.381 e. The summed E-state index contributed by atoms with van der Waals surface area (Å²) in [6.45, 7) is 1.91. The van der Waals surface area contributed by atoms with Crippen LogP contribution in [0.1, 0.15) is 43.2 Å². The maximum Gasteiger partial charge on any atom is 0.230 e. The van der Waals surface area contributed by atoms with Crippen molar-refractivity contribution in [1.82, 2.24) is 4.98 Å². The Bertz CT molecular complexity index is 995. The molecule has 2 aliphatic heterocycles. The number of amides is 1. The van der Waals surface area contributed by atoms with E-state index in [1.165, 1.54) is 5.57 Å². The molecule has 31 heavy (non-hydrogen) atoms. The van der Waals surface area contributed by atoms with Crippen molar-refractivity contribution in [2.75, 3.05) is 30.5 Å². The lowest BCUT2D eigenvalue weighted by Gasteiger charge is -2.32. The van der Waals surface area contributed by atoms with E-state index >= 15 is 0 Å². The molecule has 1 amide bonds. The Labute approximate surface area is 183 Å². The van der Waals surface area contributed by atoms with E-state index in [0.29, 0.717) is 13.2 Å². The SMILES string of the molecule is CO[C@H]1CC[C@H](C(=O)N2Cc3cccnc3Nc3ccc(C4=CCOCC4)cc32)CC1. The van der Waals surface area contributed by atoms with Crippen LogP contribution in [0.5, 0.6) is 0 Å². The molecule has 2 aromatic rings. The molecule has 1 saturated carbocycles. The van der Waals surface area contributed by atoms with Crippen molar-refractivity contribution in [2.24, 2.45) is 5.92 Å². The van der Waals surface area contributed by atoms with Crippen molar-refractivity contribution in [1.29, 1.82) is 0 Å². The number of carbonyl (C=O) groups excluding carboxylic acids is 1. The van der Waals surface area contributed by atoms with Crippen molar-refractivity contribution in [3.63, 3.8) is 0 Å². The van der Waals surface area contributed by atoms with Gasteiger partial charge in [0, 0.05) is 24.8 Å². The fraction of sp³-hybridized carbons (Fsp3) is 0.440. The number of carbonyl (C=O) groups is 1. The lowest BCUT2D eigenvalue weighted by atomic mass is 9.86. The van der Waals surface area contributed by atoms with Crippen LogP contribution in [-0.4, -0.2) is 37.3 Å². The van der Waals surface area contributed by atoms with Gasteiger partial charge in [-0.05, 0) is 61.4 Å². The van der Waals surface area contributed by atoms with Crippen molar-refractivity contribution >= 4 is 28.7 Å². The Hall–Kier alpha value is -2.70. The Morgan fingerprint density at radius 2 is 2.10 bits per heavy atom. The molecule has 1 aromatic carbocycles. The van der Waals surface area contributed by atoms with E-state index < -0.39 is 0 Å². The lowest BCUT2D eigenvalue weighted by Crippen LogP contribution is -2.38. The number of anilines is 3. The van der Waals surface area contributed by atoms with Crippen LogP contribution in [-0.2, 0) is 20.8 Å². The molecule has 3 aliphatic rings. The van der Waals surface area contributed by atoms with Gasteiger partial charge in [0.1, 0.15) is 5.82 Å². The third-order valence-electron chi connectivity index (χ3n) is 6.72. The van der Waals surface area contributed by atoms with E-state index in [0.717, 1.165) is 67.0 Å². The average molecular weight is 420 g/mol. The molecule has 6 nitrogen and oxygen atoms in total. The first-order valence-electron chi connectivity index (χ1n) is 11.2. The average Bonchev–Trinajstić information content (AvgIpc) is 3.00. The molecule has 0 atom stereocenters. The van der Waals surface area contributed by atoms with Crippen LogP contribution in [0, 0.1) is 5.92 Å². The fourth-order valence-corrected chi connectivity index (χ4v) is 4.87. The zero-order valence-electron chi connectivity index (χ0n) is 18.0. The van der Waals surface area contributed by atoms with Crippen LogP contribution in [0.3, 0.4) is 0 Å². The Morgan fingerprint density at radius 1 is 1.23 bits per heavy atom. The van der Waals surface area contributed by atoms with Crippen molar-refractivity contribution in [2.45, 2.75) is 44.8 Å². The number of pyridine rings is 1. The number of benzene rings is 1. The molecule has 0 unspecified atom stereocenters. The summed E-state index contributed by atoms with van der Waals surface area (Å²) in [5.74, 6) is 1.05. The van der Waals surface area contributed by atoms with E-state index in [4.69, 9.17) is 9.47 Å². The fourth-order valence-electron chi connectivity index (χ4n) is 4.87. The quantitative estimate of drug-likeness (QED) is 0.783. The third kappa shape index (κ3) is 4.10. The minimum absolute atomic E-state index is 0.0309. The van der Waals surface area contributed by atoms with Gasteiger partial charge in [-0.2, -0.15) is 0 Å².